The van der Waals surface area contributed by atoms with Crippen molar-refractivity contribution in [3.05, 3.63) is 89.5 Å². The van der Waals surface area contributed by atoms with Crippen molar-refractivity contribution >= 4 is 17.7 Å². The van der Waals surface area contributed by atoms with Crippen molar-refractivity contribution in [3.8, 4) is 35.7 Å². The number of rotatable bonds is 9. The summed E-state index contributed by atoms with van der Waals surface area (Å²) in [5.41, 5.74) is 2.16. The number of benzene rings is 3. The fourth-order valence-corrected chi connectivity index (χ4v) is 2.90. The Morgan fingerprint density at radius 2 is 1.79 bits per heavy atom. The van der Waals surface area contributed by atoms with E-state index in [4.69, 9.17) is 20.6 Å². The first kappa shape index (κ1) is 23.0. The Kier molecular flexibility index (Phi) is 8.11. The SMILES string of the molecule is C#CCOc1ccc(/C=C(\C#N)C(=O)Nc2ccc(OCc3ccccc3)cc2)cc1OC. The van der Waals surface area contributed by atoms with Gasteiger partial charge in [0.2, 0.25) is 0 Å². The molecule has 0 saturated carbocycles. The molecule has 0 heterocycles. The molecule has 0 atom stereocenters. The average Bonchev–Trinajstić information content (AvgIpc) is 2.86. The fourth-order valence-electron chi connectivity index (χ4n) is 2.90. The minimum atomic E-state index is -0.526. The topological polar surface area (TPSA) is 80.6 Å². The van der Waals surface area contributed by atoms with Crippen LogP contribution in [0.15, 0.2) is 78.4 Å². The van der Waals surface area contributed by atoms with Gasteiger partial charge in [0.05, 0.1) is 7.11 Å². The van der Waals surface area contributed by atoms with Crippen molar-refractivity contribution in [2.24, 2.45) is 0 Å². The molecule has 3 aromatic carbocycles. The van der Waals surface area contributed by atoms with E-state index in [1.165, 1.54) is 13.2 Å². The van der Waals surface area contributed by atoms with Crippen molar-refractivity contribution in [3.63, 3.8) is 0 Å². The number of terminal acetylenes is 1. The van der Waals surface area contributed by atoms with E-state index >= 15 is 0 Å². The molecule has 0 aliphatic heterocycles. The average molecular weight is 438 g/mol. The zero-order chi connectivity index (χ0) is 23.5. The third-order valence-corrected chi connectivity index (χ3v) is 4.54. The van der Waals surface area contributed by atoms with E-state index < -0.39 is 5.91 Å². The summed E-state index contributed by atoms with van der Waals surface area (Å²) in [5.74, 6) is 3.46. The Hall–Kier alpha value is -4.68. The predicted molar refractivity (Wildman–Crippen MR) is 127 cm³/mol. The van der Waals surface area contributed by atoms with Crippen LogP contribution >= 0.6 is 0 Å². The molecule has 33 heavy (non-hydrogen) atoms. The zero-order valence-corrected chi connectivity index (χ0v) is 18.1. The van der Waals surface area contributed by atoms with Gasteiger partial charge in [-0.2, -0.15) is 5.26 Å². The molecule has 0 radical (unpaired) electrons. The quantitative estimate of drug-likeness (QED) is 0.294. The molecule has 0 bridgehead atoms. The third kappa shape index (κ3) is 6.65. The maximum Gasteiger partial charge on any atom is 0.266 e. The number of carbonyl (C=O) groups is 1. The molecule has 0 aliphatic rings. The molecular formula is C27H22N2O4. The summed E-state index contributed by atoms with van der Waals surface area (Å²) in [4.78, 5) is 12.6. The van der Waals surface area contributed by atoms with E-state index in [9.17, 15) is 10.1 Å². The second-order valence-electron chi connectivity index (χ2n) is 6.83. The molecule has 0 unspecified atom stereocenters. The molecule has 6 nitrogen and oxygen atoms in total. The first-order valence-electron chi connectivity index (χ1n) is 10.1. The number of nitrogens with zero attached hydrogens (tertiary/aromatic N) is 1. The van der Waals surface area contributed by atoms with Crippen molar-refractivity contribution in [1.82, 2.24) is 0 Å². The number of nitriles is 1. The van der Waals surface area contributed by atoms with Crippen LogP contribution in [0.2, 0.25) is 0 Å². The predicted octanol–water partition coefficient (Wildman–Crippen LogP) is 4.83. The normalized spacial score (nSPS) is 10.5. The van der Waals surface area contributed by atoms with Crippen LogP contribution in [0.3, 0.4) is 0 Å². The number of hydrogen-bond donors (Lipinski definition) is 1. The number of hydrogen-bond acceptors (Lipinski definition) is 5. The Morgan fingerprint density at radius 1 is 1.03 bits per heavy atom. The van der Waals surface area contributed by atoms with Gasteiger partial charge in [-0.25, -0.2) is 0 Å². The summed E-state index contributed by atoms with van der Waals surface area (Å²) >= 11 is 0. The lowest BCUT2D eigenvalue weighted by Gasteiger charge is -2.10. The Balaban J connectivity index is 1.65. The summed E-state index contributed by atoms with van der Waals surface area (Å²) in [5, 5.41) is 12.2. The van der Waals surface area contributed by atoms with Gasteiger partial charge in [-0.05, 0) is 53.6 Å². The van der Waals surface area contributed by atoms with E-state index in [1.54, 1.807) is 42.5 Å². The minimum Gasteiger partial charge on any atom is -0.493 e. The molecule has 0 spiro atoms. The highest BCUT2D eigenvalue weighted by atomic mass is 16.5. The van der Waals surface area contributed by atoms with Crippen molar-refractivity contribution < 1.29 is 19.0 Å². The van der Waals surface area contributed by atoms with Crippen LogP contribution in [0, 0.1) is 23.7 Å². The first-order chi connectivity index (χ1) is 16.1. The number of amides is 1. The highest BCUT2D eigenvalue weighted by Gasteiger charge is 2.11. The molecule has 3 rings (SSSR count). The van der Waals surface area contributed by atoms with E-state index in [2.05, 4.69) is 11.2 Å². The van der Waals surface area contributed by atoms with Crippen LogP contribution < -0.4 is 19.5 Å². The Labute approximate surface area is 193 Å². The molecule has 1 amide bonds. The number of anilines is 1. The second-order valence-corrected chi connectivity index (χ2v) is 6.83. The van der Waals surface area contributed by atoms with Crippen LogP contribution in [-0.2, 0) is 11.4 Å². The second kappa shape index (κ2) is 11.6. The third-order valence-electron chi connectivity index (χ3n) is 4.54. The van der Waals surface area contributed by atoms with Crippen LogP contribution in [0.4, 0.5) is 5.69 Å². The summed E-state index contributed by atoms with van der Waals surface area (Å²) in [6, 6.07) is 23.7. The van der Waals surface area contributed by atoms with E-state index in [0.29, 0.717) is 35.1 Å². The Morgan fingerprint density at radius 3 is 2.45 bits per heavy atom. The van der Waals surface area contributed by atoms with E-state index in [-0.39, 0.29) is 12.2 Å². The number of carbonyl (C=O) groups excluding carboxylic acids is 1. The monoisotopic (exact) mass is 438 g/mol. The molecule has 0 aromatic heterocycles. The lowest BCUT2D eigenvalue weighted by Crippen LogP contribution is -2.13. The van der Waals surface area contributed by atoms with Gasteiger partial charge in [-0.3, -0.25) is 4.79 Å². The van der Waals surface area contributed by atoms with Gasteiger partial charge in [0.1, 0.15) is 30.6 Å². The minimum absolute atomic E-state index is 0.0567. The first-order valence-corrected chi connectivity index (χ1v) is 10.1. The summed E-state index contributed by atoms with van der Waals surface area (Å²) < 4.78 is 16.4. The van der Waals surface area contributed by atoms with Crippen molar-refractivity contribution in [2.75, 3.05) is 19.0 Å². The molecular weight excluding hydrogens is 416 g/mol. The fraction of sp³-hybridized carbons (Fsp3) is 0.111. The smallest absolute Gasteiger partial charge is 0.266 e. The molecule has 0 fully saturated rings. The molecule has 0 aliphatic carbocycles. The van der Waals surface area contributed by atoms with Crippen LogP contribution in [0.5, 0.6) is 17.2 Å². The molecule has 0 saturated heterocycles. The number of methoxy groups -OCH3 is 1. The number of ether oxygens (including phenoxy) is 3. The van der Waals surface area contributed by atoms with Gasteiger partial charge in [0, 0.05) is 5.69 Å². The largest absolute Gasteiger partial charge is 0.493 e. The summed E-state index contributed by atoms with van der Waals surface area (Å²) in [6.45, 7) is 0.553. The van der Waals surface area contributed by atoms with Gasteiger partial charge in [0.25, 0.3) is 5.91 Å². The lowest BCUT2D eigenvalue weighted by molar-refractivity contribution is -0.112. The van der Waals surface area contributed by atoms with Crippen molar-refractivity contribution in [1.29, 1.82) is 5.26 Å². The number of nitrogens with one attached hydrogen (secondary N) is 1. The summed E-state index contributed by atoms with van der Waals surface area (Å²) in [6.07, 6.45) is 6.69. The maximum atomic E-state index is 12.6. The molecule has 1 N–H and O–H groups in total. The summed E-state index contributed by atoms with van der Waals surface area (Å²) in [7, 11) is 1.50. The van der Waals surface area contributed by atoms with Gasteiger partial charge < -0.3 is 19.5 Å². The van der Waals surface area contributed by atoms with Gasteiger partial charge in [0.15, 0.2) is 11.5 Å². The van der Waals surface area contributed by atoms with Crippen LogP contribution in [0.25, 0.3) is 6.08 Å². The highest BCUT2D eigenvalue weighted by molar-refractivity contribution is 6.09. The van der Waals surface area contributed by atoms with Gasteiger partial charge in [-0.1, -0.05) is 42.3 Å². The Bertz CT molecular complexity index is 1200. The molecule has 164 valence electrons. The van der Waals surface area contributed by atoms with Crippen LogP contribution in [-0.4, -0.2) is 19.6 Å². The van der Waals surface area contributed by atoms with Crippen LogP contribution in [0.1, 0.15) is 11.1 Å². The van der Waals surface area contributed by atoms with Crippen molar-refractivity contribution in [2.45, 2.75) is 6.61 Å². The lowest BCUT2D eigenvalue weighted by atomic mass is 10.1. The molecule has 3 aromatic rings. The van der Waals surface area contributed by atoms with Gasteiger partial charge in [-0.15, -0.1) is 6.42 Å². The van der Waals surface area contributed by atoms with E-state index in [1.807, 2.05) is 36.4 Å². The molecule has 6 heteroatoms. The standard InChI is InChI=1S/C27H22N2O4/c1-3-15-32-25-14-9-21(17-26(25)31-2)16-22(18-28)27(30)29-23-10-12-24(13-11-23)33-19-20-7-5-4-6-8-20/h1,4-14,16-17H,15,19H2,2H3,(H,29,30)/b22-16+. The van der Waals surface area contributed by atoms with Gasteiger partial charge >= 0.3 is 0 Å². The van der Waals surface area contributed by atoms with E-state index in [0.717, 1.165) is 5.56 Å². The highest BCUT2D eigenvalue weighted by Crippen LogP contribution is 2.29. The maximum absolute atomic E-state index is 12.6. The zero-order valence-electron chi connectivity index (χ0n) is 18.1.